The van der Waals surface area contributed by atoms with Gasteiger partial charge in [0.1, 0.15) is 0 Å². The molecule has 0 bridgehead atoms. The molecule has 14 heavy (non-hydrogen) atoms. The Hall–Kier alpha value is -0.800. The number of rotatable bonds is 0. The van der Waals surface area contributed by atoms with Crippen LogP contribution in [0, 0.1) is 5.82 Å². The molecule has 0 unspecified atom stereocenters. The van der Waals surface area contributed by atoms with Crippen LogP contribution in [0.4, 0.5) is 4.39 Å². The second-order valence-electron chi connectivity index (χ2n) is 3.38. The predicted octanol–water partition coefficient (Wildman–Crippen LogP) is 2.65. The number of nitrogens with two attached hydrogens (primary N) is 1. The monoisotopic (exact) mass is 215 g/mol. The topological polar surface area (TPSA) is 35.2 Å². The zero-order valence-electron chi connectivity index (χ0n) is 7.59. The third-order valence-electron chi connectivity index (χ3n) is 2.39. The van der Waals surface area contributed by atoms with Crippen LogP contribution < -0.4 is 10.5 Å². The zero-order chi connectivity index (χ0) is 10.1. The van der Waals surface area contributed by atoms with Crippen LogP contribution in [-0.4, -0.2) is 6.61 Å². The lowest BCUT2D eigenvalue weighted by molar-refractivity contribution is 0.301. The predicted molar refractivity (Wildman–Crippen MR) is 53.1 cm³/mol. The molecule has 1 aromatic carbocycles. The van der Waals surface area contributed by atoms with Gasteiger partial charge in [-0.15, -0.1) is 0 Å². The summed E-state index contributed by atoms with van der Waals surface area (Å²) in [7, 11) is 0. The highest BCUT2D eigenvalue weighted by Crippen LogP contribution is 2.35. The number of hydrogen-bond donors (Lipinski definition) is 1. The summed E-state index contributed by atoms with van der Waals surface area (Å²) in [6, 6.07) is 3.10. The Labute approximate surface area is 86.8 Å². The number of halogens is 2. The highest BCUT2D eigenvalue weighted by molar-refractivity contribution is 6.30. The third kappa shape index (κ3) is 1.57. The van der Waals surface area contributed by atoms with E-state index < -0.39 is 5.82 Å². The second-order valence-corrected chi connectivity index (χ2v) is 3.78. The molecule has 0 spiro atoms. The highest BCUT2D eigenvalue weighted by atomic mass is 35.5. The second kappa shape index (κ2) is 3.75. The molecule has 2 rings (SSSR count). The van der Waals surface area contributed by atoms with Crippen LogP contribution in [0.25, 0.3) is 0 Å². The van der Waals surface area contributed by atoms with Gasteiger partial charge < -0.3 is 10.5 Å². The van der Waals surface area contributed by atoms with Crippen molar-refractivity contribution in [1.82, 2.24) is 0 Å². The summed E-state index contributed by atoms with van der Waals surface area (Å²) in [5.41, 5.74) is 6.59. The normalized spacial score (nSPS) is 20.9. The van der Waals surface area contributed by atoms with E-state index in [1.165, 1.54) is 6.07 Å². The largest absolute Gasteiger partial charge is 0.490 e. The highest BCUT2D eigenvalue weighted by Gasteiger charge is 2.21. The summed E-state index contributed by atoms with van der Waals surface area (Å²) < 4.78 is 18.8. The minimum Gasteiger partial charge on any atom is -0.490 e. The van der Waals surface area contributed by atoms with Gasteiger partial charge in [0.15, 0.2) is 11.6 Å². The first-order chi connectivity index (χ1) is 6.70. The molecule has 0 saturated carbocycles. The fourth-order valence-electron chi connectivity index (χ4n) is 1.62. The summed E-state index contributed by atoms with van der Waals surface area (Å²) in [6.07, 6.45) is 1.65. The molecule has 76 valence electrons. The molecule has 0 radical (unpaired) electrons. The van der Waals surface area contributed by atoms with Gasteiger partial charge in [-0.1, -0.05) is 17.7 Å². The minimum atomic E-state index is -0.499. The Morgan fingerprint density at radius 3 is 3.07 bits per heavy atom. The van der Waals surface area contributed by atoms with Crippen LogP contribution in [0.5, 0.6) is 5.75 Å². The molecular formula is C10H11ClFNO. The average molecular weight is 216 g/mol. The van der Waals surface area contributed by atoms with Crippen molar-refractivity contribution in [1.29, 1.82) is 0 Å². The minimum absolute atomic E-state index is 0.0813. The Morgan fingerprint density at radius 2 is 2.29 bits per heavy atom. The van der Waals surface area contributed by atoms with E-state index in [4.69, 9.17) is 22.1 Å². The van der Waals surface area contributed by atoms with Gasteiger partial charge >= 0.3 is 0 Å². The van der Waals surface area contributed by atoms with E-state index in [-0.39, 0.29) is 16.8 Å². The SMILES string of the molecule is N[C@@H]1CCCOc2c1ccc(Cl)c2F. The molecule has 1 atom stereocenters. The van der Waals surface area contributed by atoms with Crippen LogP contribution in [-0.2, 0) is 0 Å². The van der Waals surface area contributed by atoms with E-state index in [0.29, 0.717) is 12.2 Å². The smallest absolute Gasteiger partial charge is 0.183 e. The van der Waals surface area contributed by atoms with Gasteiger partial charge in [-0.3, -0.25) is 0 Å². The summed E-state index contributed by atoms with van der Waals surface area (Å²) in [5.74, 6) is -0.274. The maximum absolute atomic E-state index is 13.5. The Bertz CT molecular complexity index is 356. The first kappa shape index (κ1) is 9.74. The average Bonchev–Trinajstić information content (AvgIpc) is 2.35. The van der Waals surface area contributed by atoms with Gasteiger partial charge in [0.05, 0.1) is 11.6 Å². The van der Waals surface area contributed by atoms with Crippen LogP contribution in [0.3, 0.4) is 0 Å². The van der Waals surface area contributed by atoms with Gasteiger partial charge in [0.25, 0.3) is 0 Å². The van der Waals surface area contributed by atoms with E-state index in [2.05, 4.69) is 0 Å². The molecule has 1 aromatic rings. The van der Waals surface area contributed by atoms with Crippen LogP contribution in [0.1, 0.15) is 24.4 Å². The molecule has 0 amide bonds. The number of ether oxygens (including phenoxy) is 1. The number of benzene rings is 1. The van der Waals surface area contributed by atoms with Gasteiger partial charge in [0, 0.05) is 11.6 Å². The van der Waals surface area contributed by atoms with Crippen molar-refractivity contribution in [2.45, 2.75) is 18.9 Å². The molecule has 0 fully saturated rings. The number of fused-ring (bicyclic) bond motifs is 1. The fraction of sp³-hybridized carbons (Fsp3) is 0.400. The summed E-state index contributed by atoms with van der Waals surface area (Å²) >= 11 is 5.65. The van der Waals surface area contributed by atoms with Crippen LogP contribution in [0.2, 0.25) is 5.02 Å². The van der Waals surface area contributed by atoms with Crippen molar-refractivity contribution in [3.8, 4) is 5.75 Å². The van der Waals surface area contributed by atoms with Crippen molar-refractivity contribution in [2.75, 3.05) is 6.61 Å². The van der Waals surface area contributed by atoms with E-state index in [1.807, 2.05) is 0 Å². The molecule has 2 nitrogen and oxygen atoms in total. The molecule has 0 aromatic heterocycles. The molecule has 0 saturated heterocycles. The van der Waals surface area contributed by atoms with Crippen molar-refractivity contribution in [3.63, 3.8) is 0 Å². The van der Waals surface area contributed by atoms with Crippen molar-refractivity contribution >= 4 is 11.6 Å². The zero-order valence-corrected chi connectivity index (χ0v) is 8.35. The van der Waals surface area contributed by atoms with Gasteiger partial charge in [-0.2, -0.15) is 0 Å². The lowest BCUT2D eigenvalue weighted by Gasteiger charge is -2.12. The molecular weight excluding hydrogens is 205 g/mol. The standard InChI is InChI=1S/C10H11ClFNO/c11-7-4-3-6-8(13)2-1-5-14-10(6)9(7)12/h3-4,8H,1-2,5,13H2/t8-/m1/s1. The van der Waals surface area contributed by atoms with Crippen molar-refractivity contribution in [2.24, 2.45) is 5.73 Å². The quantitative estimate of drug-likeness (QED) is 0.722. The van der Waals surface area contributed by atoms with Crippen molar-refractivity contribution < 1.29 is 9.13 Å². The lowest BCUT2D eigenvalue weighted by atomic mass is 10.0. The lowest BCUT2D eigenvalue weighted by Crippen LogP contribution is -2.09. The van der Waals surface area contributed by atoms with Crippen molar-refractivity contribution in [3.05, 3.63) is 28.5 Å². The fourth-order valence-corrected chi connectivity index (χ4v) is 1.77. The van der Waals surface area contributed by atoms with E-state index in [9.17, 15) is 4.39 Å². The first-order valence-corrected chi connectivity index (χ1v) is 4.94. The van der Waals surface area contributed by atoms with Gasteiger partial charge in [-0.05, 0) is 18.9 Å². The van der Waals surface area contributed by atoms with E-state index in [1.54, 1.807) is 6.07 Å². The first-order valence-electron chi connectivity index (χ1n) is 4.56. The van der Waals surface area contributed by atoms with Crippen LogP contribution >= 0.6 is 11.6 Å². The van der Waals surface area contributed by atoms with Gasteiger partial charge in [0.2, 0.25) is 0 Å². The molecule has 1 aliphatic rings. The van der Waals surface area contributed by atoms with Gasteiger partial charge in [-0.25, -0.2) is 4.39 Å². The Kier molecular flexibility index (Phi) is 2.61. The molecule has 0 aliphatic carbocycles. The Morgan fingerprint density at radius 1 is 1.50 bits per heavy atom. The summed E-state index contributed by atoms with van der Waals surface area (Å²) in [4.78, 5) is 0. The Balaban J connectivity index is 2.53. The van der Waals surface area contributed by atoms with Crippen LogP contribution in [0.15, 0.2) is 12.1 Å². The molecule has 4 heteroatoms. The summed E-state index contributed by atoms with van der Waals surface area (Å²) in [6.45, 7) is 0.498. The summed E-state index contributed by atoms with van der Waals surface area (Å²) in [5, 5.41) is 0.0813. The third-order valence-corrected chi connectivity index (χ3v) is 2.68. The van der Waals surface area contributed by atoms with E-state index >= 15 is 0 Å². The van der Waals surface area contributed by atoms with E-state index in [0.717, 1.165) is 12.8 Å². The number of hydrogen-bond acceptors (Lipinski definition) is 2. The maximum atomic E-state index is 13.5. The molecule has 1 aliphatic heterocycles. The molecule has 1 heterocycles. The molecule has 2 N–H and O–H groups in total. The maximum Gasteiger partial charge on any atom is 0.183 e.